The summed E-state index contributed by atoms with van der Waals surface area (Å²) in [5.41, 5.74) is 12.0. The molecule has 1 aliphatic heterocycles. The summed E-state index contributed by atoms with van der Waals surface area (Å²) >= 11 is 6.28. The molecule has 6 rings (SSSR count). The van der Waals surface area contributed by atoms with Gasteiger partial charge in [0.25, 0.3) is 0 Å². The van der Waals surface area contributed by atoms with Gasteiger partial charge in [0.15, 0.2) is 17.0 Å². The van der Waals surface area contributed by atoms with Crippen molar-refractivity contribution < 1.29 is 4.39 Å². The number of nitrogens with two attached hydrogens (primary N) is 1. The molecule has 3 aliphatic rings. The molecule has 0 spiro atoms. The van der Waals surface area contributed by atoms with Crippen LogP contribution in [0.15, 0.2) is 24.5 Å². The number of fused-ring (bicyclic) bond motifs is 1. The SMILES string of the molecule is NC1CCC(Nc2nc(NN3CCC(Cc4c(F)cccc4Cl)CC3)c3ncn(C4CCCC4)c3n2)CC1. The summed E-state index contributed by atoms with van der Waals surface area (Å²) in [5.74, 6) is 1.59. The van der Waals surface area contributed by atoms with Crippen LogP contribution in [0.25, 0.3) is 11.2 Å². The van der Waals surface area contributed by atoms with Crippen LogP contribution in [0, 0.1) is 11.7 Å². The molecule has 1 saturated heterocycles. The van der Waals surface area contributed by atoms with Gasteiger partial charge in [-0.2, -0.15) is 9.97 Å². The van der Waals surface area contributed by atoms with Gasteiger partial charge < -0.3 is 21.0 Å². The molecule has 3 fully saturated rings. The summed E-state index contributed by atoms with van der Waals surface area (Å²) in [6, 6.07) is 6.02. The van der Waals surface area contributed by atoms with Gasteiger partial charge in [-0.1, -0.05) is 30.5 Å². The Morgan fingerprint density at radius 1 is 1.00 bits per heavy atom. The van der Waals surface area contributed by atoms with E-state index in [1.165, 1.54) is 31.7 Å². The van der Waals surface area contributed by atoms with Crippen LogP contribution in [0.5, 0.6) is 0 Å². The Hall–Kier alpha value is -2.49. The van der Waals surface area contributed by atoms with Crippen molar-refractivity contribution in [1.82, 2.24) is 24.5 Å². The summed E-state index contributed by atoms with van der Waals surface area (Å²) in [5, 5.41) is 6.33. The van der Waals surface area contributed by atoms with Crippen LogP contribution >= 0.6 is 11.6 Å². The maximum atomic E-state index is 14.3. The van der Waals surface area contributed by atoms with Crippen LogP contribution in [0.3, 0.4) is 0 Å². The molecule has 38 heavy (non-hydrogen) atoms. The summed E-state index contributed by atoms with van der Waals surface area (Å²) in [7, 11) is 0. The van der Waals surface area contributed by atoms with Crippen molar-refractivity contribution in [3.05, 3.63) is 40.9 Å². The number of hydrogen-bond acceptors (Lipinski definition) is 7. The van der Waals surface area contributed by atoms with Gasteiger partial charge in [0.2, 0.25) is 5.95 Å². The van der Waals surface area contributed by atoms with Crippen molar-refractivity contribution in [2.75, 3.05) is 23.8 Å². The molecule has 3 aromatic rings. The number of nitrogens with one attached hydrogen (secondary N) is 2. The van der Waals surface area contributed by atoms with Crippen LogP contribution in [0.2, 0.25) is 5.02 Å². The third-order valence-corrected chi connectivity index (χ3v) is 9.03. The Bertz CT molecular complexity index is 1220. The van der Waals surface area contributed by atoms with Crippen LogP contribution in [0.4, 0.5) is 16.2 Å². The second-order valence-electron chi connectivity index (χ2n) is 11.4. The first kappa shape index (κ1) is 25.8. The molecule has 0 atom stereocenters. The molecule has 1 aromatic carbocycles. The maximum absolute atomic E-state index is 14.3. The first-order valence-corrected chi connectivity index (χ1v) is 14.6. The topological polar surface area (TPSA) is 96.9 Å². The van der Waals surface area contributed by atoms with E-state index < -0.39 is 0 Å². The van der Waals surface area contributed by atoms with Crippen LogP contribution in [-0.4, -0.2) is 49.7 Å². The molecular formula is C28H38ClFN8. The van der Waals surface area contributed by atoms with E-state index in [0.717, 1.165) is 68.6 Å². The molecule has 3 heterocycles. The van der Waals surface area contributed by atoms with Crippen molar-refractivity contribution >= 4 is 34.5 Å². The minimum atomic E-state index is -0.209. The molecule has 10 heteroatoms. The third-order valence-electron chi connectivity index (χ3n) is 8.68. The molecule has 0 radical (unpaired) electrons. The number of hydrazine groups is 1. The Labute approximate surface area is 228 Å². The zero-order valence-corrected chi connectivity index (χ0v) is 22.6. The van der Waals surface area contributed by atoms with Crippen molar-refractivity contribution in [1.29, 1.82) is 0 Å². The minimum absolute atomic E-state index is 0.209. The van der Waals surface area contributed by atoms with E-state index in [4.69, 9.17) is 32.3 Å². The summed E-state index contributed by atoms with van der Waals surface area (Å²) < 4.78 is 16.6. The highest BCUT2D eigenvalue weighted by Crippen LogP contribution is 2.34. The normalized spacial score (nSPS) is 23.8. The Morgan fingerprint density at radius 2 is 1.76 bits per heavy atom. The zero-order valence-electron chi connectivity index (χ0n) is 21.9. The number of aromatic nitrogens is 4. The number of piperidine rings is 1. The monoisotopic (exact) mass is 540 g/mol. The lowest BCUT2D eigenvalue weighted by molar-refractivity contribution is 0.215. The Balaban J connectivity index is 1.18. The number of nitrogens with zero attached hydrogens (tertiary/aromatic N) is 5. The van der Waals surface area contributed by atoms with Gasteiger partial charge in [0.05, 0.1) is 6.33 Å². The van der Waals surface area contributed by atoms with E-state index in [-0.39, 0.29) is 5.82 Å². The number of imidazole rings is 1. The van der Waals surface area contributed by atoms with Gasteiger partial charge in [0.1, 0.15) is 5.82 Å². The fourth-order valence-electron chi connectivity index (χ4n) is 6.37. The number of rotatable bonds is 7. The number of halogens is 2. The summed E-state index contributed by atoms with van der Waals surface area (Å²) in [6.07, 6.45) is 13.5. The van der Waals surface area contributed by atoms with E-state index in [0.29, 0.717) is 47.0 Å². The van der Waals surface area contributed by atoms with Gasteiger partial charge in [-0.05, 0) is 75.8 Å². The highest BCUT2D eigenvalue weighted by atomic mass is 35.5. The predicted molar refractivity (Wildman–Crippen MR) is 150 cm³/mol. The molecule has 4 N–H and O–H groups in total. The summed E-state index contributed by atoms with van der Waals surface area (Å²) in [6.45, 7) is 1.68. The molecular weight excluding hydrogens is 503 g/mol. The average Bonchev–Trinajstić information content (AvgIpc) is 3.59. The number of benzene rings is 1. The van der Waals surface area contributed by atoms with Crippen molar-refractivity contribution in [3.8, 4) is 0 Å². The second-order valence-corrected chi connectivity index (χ2v) is 11.8. The van der Waals surface area contributed by atoms with Gasteiger partial charge in [0, 0.05) is 41.8 Å². The highest BCUT2D eigenvalue weighted by Gasteiger charge is 2.26. The van der Waals surface area contributed by atoms with Crippen LogP contribution < -0.4 is 16.5 Å². The third kappa shape index (κ3) is 5.60. The first-order valence-electron chi connectivity index (χ1n) is 14.2. The van der Waals surface area contributed by atoms with Crippen molar-refractivity contribution in [3.63, 3.8) is 0 Å². The average molecular weight is 541 g/mol. The molecule has 0 unspecified atom stereocenters. The van der Waals surface area contributed by atoms with Gasteiger partial charge in [-0.15, -0.1) is 0 Å². The highest BCUT2D eigenvalue weighted by molar-refractivity contribution is 6.31. The molecule has 204 valence electrons. The quantitative estimate of drug-likeness (QED) is 0.354. The molecule has 0 amide bonds. The largest absolute Gasteiger partial charge is 0.351 e. The molecule has 2 aliphatic carbocycles. The van der Waals surface area contributed by atoms with Gasteiger partial charge >= 0.3 is 0 Å². The molecule has 8 nitrogen and oxygen atoms in total. The predicted octanol–water partition coefficient (Wildman–Crippen LogP) is 5.70. The standard InChI is InChI=1S/C28H38ClFN8/c29-23-6-3-7-24(30)22(23)16-18-12-14-37(15-13-18)36-26-25-27(38(17-32-25)21-4-1-2-5-21)35-28(34-26)33-20-10-8-19(31)9-11-20/h3,6-7,17-21H,1-2,4-5,8-16,31H2,(H2,33,34,35,36). The first-order chi connectivity index (χ1) is 18.5. The lowest BCUT2D eigenvalue weighted by Gasteiger charge is -2.32. The fraction of sp³-hybridized carbons (Fsp3) is 0.607. The fourth-order valence-corrected chi connectivity index (χ4v) is 6.61. The van der Waals surface area contributed by atoms with E-state index in [1.807, 2.05) is 6.33 Å². The van der Waals surface area contributed by atoms with Crippen molar-refractivity contribution in [2.24, 2.45) is 11.7 Å². The number of hydrogen-bond donors (Lipinski definition) is 3. The second kappa shape index (κ2) is 11.3. The van der Waals surface area contributed by atoms with Gasteiger partial charge in [-0.25, -0.2) is 14.4 Å². The zero-order chi connectivity index (χ0) is 26.1. The van der Waals surface area contributed by atoms with Gasteiger partial charge in [-0.3, -0.25) is 0 Å². The van der Waals surface area contributed by atoms with Crippen molar-refractivity contribution in [2.45, 2.75) is 88.8 Å². The van der Waals surface area contributed by atoms with E-state index in [2.05, 4.69) is 20.3 Å². The smallest absolute Gasteiger partial charge is 0.227 e. The minimum Gasteiger partial charge on any atom is -0.351 e. The van der Waals surface area contributed by atoms with E-state index in [1.54, 1.807) is 12.1 Å². The lowest BCUT2D eigenvalue weighted by atomic mass is 9.90. The molecule has 2 saturated carbocycles. The lowest BCUT2D eigenvalue weighted by Crippen LogP contribution is -2.39. The molecule has 2 aromatic heterocycles. The Kier molecular flexibility index (Phi) is 7.68. The van der Waals surface area contributed by atoms with E-state index >= 15 is 0 Å². The van der Waals surface area contributed by atoms with Crippen LogP contribution in [-0.2, 0) is 6.42 Å². The molecule has 0 bridgehead atoms. The maximum Gasteiger partial charge on any atom is 0.227 e. The Morgan fingerprint density at radius 3 is 2.50 bits per heavy atom. The van der Waals surface area contributed by atoms with Crippen LogP contribution in [0.1, 0.15) is 75.8 Å². The number of anilines is 2. The summed E-state index contributed by atoms with van der Waals surface area (Å²) in [4.78, 5) is 14.6. The van der Waals surface area contributed by atoms with E-state index in [9.17, 15) is 4.39 Å².